The van der Waals surface area contributed by atoms with Crippen molar-refractivity contribution in [1.29, 1.82) is 0 Å². The predicted molar refractivity (Wildman–Crippen MR) is 98.5 cm³/mol. The van der Waals surface area contributed by atoms with Gasteiger partial charge in [-0.2, -0.15) is 0 Å². The first-order valence-electron chi connectivity index (χ1n) is 8.14. The molecule has 1 heterocycles. The van der Waals surface area contributed by atoms with Gasteiger partial charge in [-0.25, -0.2) is 0 Å². The maximum Gasteiger partial charge on any atom is 0.152 e. The first-order valence-corrected chi connectivity index (χ1v) is 8.14. The lowest BCUT2D eigenvalue weighted by atomic mass is 9.90. The van der Waals surface area contributed by atoms with Crippen LogP contribution in [0.1, 0.15) is 33.3 Å². The van der Waals surface area contributed by atoms with E-state index in [-0.39, 0.29) is 0 Å². The summed E-state index contributed by atoms with van der Waals surface area (Å²) in [5, 5.41) is 0. The summed E-state index contributed by atoms with van der Waals surface area (Å²) >= 11 is 0. The molecule has 124 valence electrons. The molecule has 1 aliphatic heterocycles. The van der Waals surface area contributed by atoms with Gasteiger partial charge in [0.2, 0.25) is 0 Å². The molecule has 3 N–H and O–H groups in total. The fourth-order valence-electron chi connectivity index (χ4n) is 2.27. The second-order valence-electron chi connectivity index (χ2n) is 4.90. The van der Waals surface area contributed by atoms with Crippen LogP contribution in [0.5, 0.6) is 0 Å². The number of hydrogen-bond acceptors (Lipinski definition) is 3. The highest BCUT2D eigenvalue weighted by molar-refractivity contribution is 5.44. The largest absolute Gasteiger partial charge is 0.407 e. The fraction of sp³-hybridized carbons (Fsp3) is 0.300. The molecule has 1 aromatic rings. The van der Waals surface area contributed by atoms with E-state index >= 15 is 0 Å². The van der Waals surface area contributed by atoms with Crippen LogP contribution in [-0.2, 0) is 10.4 Å². The summed E-state index contributed by atoms with van der Waals surface area (Å²) in [4.78, 5) is 5.70. The van der Waals surface area contributed by atoms with Crippen molar-refractivity contribution >= 4 is 0 Å². The van der Waals surface area contributed by atoms with Gasteiger partial charge in [0.25, 0.3) is 0 Å². The highest BCUT2D eigenvalue weighted by Crippen LogP contribution is 2.31. The van der Waals surface area contributed by atoms with Gasteiger partial charge in [0.05, 0.1) is 0 Å². The van der Waals surface area contributed by atoms with E-state index in [4.69, 9.17) is 10.6 Å². The van der Waals surface area contributed by atoms with Crippen LogP contribution in [0.3, 0.4) is 0 Å². The molecule has 0 radical (unpaired) electrons. The average Bonchev–Trinajstić information content (AvgIpc) is 3.07. The number of rotatable bonds is 5. The van der Waals surface area contributed by atoms with Crippen molar-refractivity contribution in [3.05, 3.63) is 83.7 Å². The van der Waals surface area contributed by atoms with Crippen LogP contribution < -0.4 is 11.2 Å². The van der Waals surface area contributed by atoms with Gasteiger partial charge in [-0.1, -0.05) is 74.6 Å². The van der Waals surface area contributed by atoms with Gasteiger partial charge < -0.3 is 10.6 Å². The molecule has 3 heteroatoms. The number of benzene rings is 1. The van der Waals surface area contributed by atoms with Crippen molar-refractivity contribution in [2.24, 2.45) is 5.73 Å². The molecule has 1 aliphatic rings. The summed E-state index contributed by atoms with van der Waals surface area (Å²) in [6, 6.07) is 10.1. The van der Waals surface area contributed by atoms with Crippen LogP contribution in [0.15, 0.2) is 78.1 Å². The zero-order chi connectivity index (χ0) is 17.1. The number of hydroxylamine groups is 1. The Morgan fingerprint density at radius 2 is 1.87 bits per heavy atom. The zero-order valence-electron chi connectivity index (χ0n) is 14.5. The number of nitrogens with two attached hydrogens (primary N) is 1. The van der Waals surface area contributed by atoms with Crippen LogP contribution in [0.4, 0.5) is 0 Å². The molecule has 0 amide bonds. The molecular formula is C20H28N2O. The van der Waals surface area contributed by atoms with E-state index in [1.54, 1.807) is 0 Å². The Kier molecular flexibility index (Phi) is 8.09. The molecule has 2 rings (SSSR count). The second-order valence-corrected chi connectivity index (χ2v) is 4.90. The lowest BCUT2D eigenvalue weighted by Gasteiger charge is -2.24. The predicted octanol–water partition coefficient (Wildman–Crippen LogP) is 4.36. The zero-order valence-corrected chi connectivity index (χ0v) is 14.5. The average molecular weight is 312 g/mol. The molecule has 0 saturated carbocycles. The van der Waals surface area contributed by atoms with E-state index in [0.29, 0.717) is 6.54 Å². The van der Waals surface area contributed by atoms with Gasteiger partial charge >= 0.3 is 0 Å². The van der Waals surface area contributed by atoms with Gasteiger partial charge in [0.1, 0.15) is 5.54 Å². The van der Waals surface area contributed by atoms with Crippen LogP contribution in [0.2, 0.25) is 0 Å². The Morgan fingerprint density at radius 3 is 2.43 bits per heavy atom. The maximum absolute atomic E-state index is 6.00. The monoisotopic (exact) mass is 312 g/mol. The van der Waals surface area contributed by atoms with Crippen molar-refractivity contribution in [3.63, 3.8) is 0 Å². The van der Waals surface area contributed by atoms with Crippen molar-refractivity contribution in [2.75, 3.05) is 6.54 Å². The van der Waals surface area contributed by atoms with Crippen molar-refractivity contribution < 1.29 is 4.84 Å². The lowest BCUT2D eigenvalue weighted by Crippen LogP contribution is -2.43. The molecule has 1 unspecified atom stereocenters. The maximum atomic E-state index is 6.00. The van der Waals surface area contributed by atoms with E-state index in [2.05, 4.69) is 11.6 Å². The third-order valence-corrected chi connectivity index (χ3v) is 3.43. The quantitative estimate of drug-likeness (QED) is 0.794. The summed E-state index contributed by atoms with van der Waals surface area (Å²) < 4.78 is 0. The van der Waals surface area contributed by atoms with Crippen molar-refractivity contribution in [3.8, 4) is 0 Å². The second kappa shape index (κ2) is 9.82. The van der Waals surface area contributed by atoms with E-state index in [1.165, 1.54) is 0 Å². The molecule has 23 heavy (non-hydrogen) atoms. The number of nitrogens with one attached hydrogen (secondary N) is 1. The van der Waals surface area contributed by atoms with Gasteiger partial charge in [0.15, 0.2) is 5.76 Å². The highest BCUT2D eigenvalue weighted by atomic mass is 16.7. The molecule has 0 saturated heterocycles. The Morgan fingerprint density at radius 1 is 1.17 bits per heavy atom. The minimum absolute atomic E-state index is 0.424. The third-order valence-electron chi connectivity index (χ3n) is 3.43. The molecule has 0 spiro atoms. The molecule has 0 aliphatic carbocycles. The summed E-state index contributed by atoms with van der Waals surface area (Å²) in [7, 11) is 0. The standard InChI is InChI=1S/C18H22N2O.C2H6/c1-3-5-10-15(9-4-2)17-13-18(14-19,20-21-17)16-11-7-6-8-12-16;1-2/h3-13,20H,14,19H2,1-2H3;1-2H3/b5-3-,9-4-,15-10+;. The molecule has 1 aromatic carbocycles. The lowest BCUT2D eigenvalue weighted by molar-refractivity contribution is 0.0853. The van der Waals surface area contributed by atoms with Crippen LogP contribution >= 0.6 is 0 Å². The van der Waals surface area contributed by atoms with Crippen LogP contribution in [0.25, 0.3) is 0 Å². The van der Waals surface area contributed by atoms with Crippen LogP contribution in [-0.4, -0.2) is 6.54 Å². The smallest absolute Gasteiger partial charge is 0.152 e. The summed E-state index contributed by atoms with van der Waals surface area (Å²) in [6.07, 6.45) is 12.1. The molecule has 1 atom stereocenters. The van der Waals surface area contributed by atoms with Gasteiger partial charge in [0, 0.05) is 12.1 Å². The van der Waals surface area contributed by atoms with E-state index in [9.17, 15) is 0 Å². The minimum Gasteiger partial charge on any atom is -0.407 e. The summed E-state index contributed by atoms with van der Waals surface area (Å²) in [5.41, 5.74) is 10.7. The molecular weight excluding hydrogens is 284 g/mol. The highest BCUT2D eigenvalue weighted by Gasteiger charge is 2.35. The molecule has 0 bridgehead atoms. The normalized spacial score (nSPS) is 21.1. The molecule has 0 fully saturated rings. The van der Waals surface area contributed by atoms with Crippen LogP contribution in [0, 0.1) is 0 Å². The Hall–Kier alpha value is -2.10. The first kappa shape index (κ1) is 18.9. The Bertz CT molecular complexity index is 585. The van der Waals surface area contributed by atoms with Gasteiger partial charge in [-0.05, 0) is 25.5 Å². The van der Waals surface area contributed by atoms with Gasteiger partial charge in [-0.15, -0.1) is 5.48 Å². The molecule has 3 nitrogen and oxygen atoms in total. The van der Waals surface area contributed by atoms with Gasteiger partial charge in [-0.3, -0.25) is 0 Å². The Balaban J connectivity index is 0.00000127. The number of hydrogen-bond donors (Lipinski definition) is 2. The fourth-order valence-corrected chi connectivity index (χ4v) is 2.27. The minimum atomic E-state index is -0.479. The SMILES string of the molecule is CC.C\C=C/C=C(\C=C/C)C1=CC(CN)(c2ccccc2)NO1. The number of allylic oxidation sites excluding steroid dienone is 5. The van der Waals surface area contributed by atoms with Crippen molar-refractivity contribution in [1.82, 2.24) is 5.48 Å². The molecule has 0 aromatic heterocycles. The topological polar surface area (TPSA) is 47.3 Å². The van der Waals surface area contributed by atoms with E-state index in [0.717, 1.165) is 16.9 Å². The third kappa shape index (κ3) is 4.68. The van der Waals surface area contributed by atoms with E-state index < -0.39 is 5.54 Å². The Labute approximate surface area is 140 Å². The van der Waals surface area contributed by atoms with Crippen molar-refractivity contribution in [2.45, 2.75) is 33.2 Å². The summed E-state index contributed by atoms with van der Waals surface area (Å²) in [5.74, 6) is 0.792. The summed E-state index contributed by atoms with van der Waals surface area (Å²) in [6.45, 7) is 8.40. The first-order chi connectivity index (χ1) is 11.3. The van der Waals surface area contributed by atoms with E-state index in [1.807, 2.05) is 88.4 Å².